The molecule has 0 spiro atoms. The van der Waals surface area contributed by atoms with Crippen molar-refractivity contribution in [2.45, 2.75) is 6.61 Å². The van der Waals surface area contributed by atoms with E-state index < -0.39 is 0 Å². The minimum Gasteiger partial charge on any atom is -0.489 e. The summed E-state index contributed by atoms with van der Waals surface area (Å²) < 4.78 is 5.76. The first-order valence-corrected chi connectivity index (χ1v) is 7.51. The number of H-pyrrole nitrogens is 1. The first kappa shape index (κ1) is 14.9. The number of rotatable bonds is 3. The fraction of sp³-hybridized carbons (Fsp3) is 0.0500. The van der Waals surface area contributed by atoms with Gasteiger partial charge in [0.05, 0.1) is 0 Å². The van der Waals surface area contributed by atoms with Crippen molar-refractivity contribution >= 4 is 10.9 Å². The number of nitrogens with one attached hydrogen (secondary N) is 1. The summed E-state index contributed by atoms with van der Waals surface area (Å²) in [4.78, 5) is 6.95. The molecular formula is C20H18N2O. The molecule has 23 heavy (non-hydrogen) atoms. The summed E-state index contributed by atoms with van der Waals surface area (Å²) in [6.45, 7) is 0.608. The van der Waals surface area contributed by atoms with Crippen molar-refractivity contribution < 1.29 is 4.74 Å². The standard InChI is InChI=1S/C15H13NO.C5H5N/c1-2-4-12(5-3-1)11-17-14-6-7-15-13(10-14)8-9-16-15;1-2-4-6-5-3-1/h1-10,16H,11H2;1-5H. The van der Waals surface area contributed by atoms with Crippen molar-refractivity contribution in [3.8, 4) is 5.75 Å². The topological polar surface area (TPSA) is 37.9 Å². The van der Waals surface area contributed by atoms with Gasteiger partial charge < -0.3 is 9.72 Å². The molecular weight excluding hydrogens is 284 g/mol. The van der Waals surface area contributed by atoms with E-state index >= 15 is 0 Å². The van der Waals surface area contributed by atoms with E-state index in [2.05, 4.69) is 28.2 Å². The summed E-state index contributed by atoms with van der Waals surface area (Å²) in [5, 5.41) is 1.18. The Kier molecular flexibility index (Phi) is 5.04. The van der Waals surface area contributed by atoms with E-state index in [1.54, 1.807) is 12.4 Å². The summed E-state index contributed by atoms with van der Waals surface area (Å²) in [5.41, 5.74) is 2.32. The van der Waals surface area contributed by atoms with Gasteiger partial charge in [0.1, 0.15) is 12.4 Å². The summed E-state index contributed by atoms with van der Waals surface area (Å²) in [7, 11) is 0. The molecule has 0 radical (unpaired) electrons. The van der Waals surface area contributed by atoms with Crippen molar-refractivity contribution in [1.82, 2.24) is 9.97 Å². The van der Waals surface area contributed by atoms with Gasteiger partial charge in [-0.05, 0) is 42.0 Å². The van der Waals surface area contributed by atoms with Gasteiger partial charge in [-0.1, -0.05) is 36.4 Å². The zero-order valence-electron chi connectivity index (χ0n) is 12.7. The van der Waals surface area contributed by atoms with Crippen LogP contribution in [0.2, 0.25) is 0 Å². The minimum absolute atomic E-state index is 0.608. The average molecular weight is 302 g/mol. The predicted octanol–water partition coefficient (Wildman–Crippen LogP) is 4.83. The molecule has 4 rings (SSSR count). The second-order valence-electron chi connectivity index (χ2n) is 5.03. The van der Waals surface area contributed by atoms with Gasteiger partial charge in [-0.25, -0.2) is 0 Å². The lowest BCUT2D eigenvalue weighted by Crippen LogP contribution is -1.94. The van der Waals surface area contributed by atoms with Crippen LogP contribution >= 0.6 is 0 Å². The maximum absolute atomic E-state index is 5.76. The molecule has 0 saturated carbocycles. The fourth-order valence-corrected chi connectivity index (χ4v) is 2.17. The van der Waals surface area contributed by atoms with Crippen LogP contribution in [-0.4, -0.2) is 9.97 Å². The molecule has 0 aliphatic carbocycles. The number of hydrogen-bond acceptors (Lipinski definition) is 2. The minimum atomic E-state index is 0.608. The maximum Gasteiger partial charge on any atom is 0.120 e. The van der Waals surface area contributed by atoms with E-state index in [9.17, 15) is 0 Å². The molecule has 3 nitrogen and oxygen atoms in total. The molecule has 2 aromatic heterocycles. The molecule has 0 atom stereocenters. The fourth-order valence-electron chi connectivity index (χ4n) is 2.17. The van der Waals surface area contributed by atoms with Crippen molar-refractivity contribution in [3.63, 3.8) is 0 Å². The van der Waals surface area contributed by atoms with Crippen LogP contribution in [0.25, 0.3) is 10.9 Å². The van der Waals surface area contributed by atoms with E-state index in [1.807, 2.05) is 60.8 Å². The molecule has 4 aromatic rings. The Morgan fingerprint density at radius 3 is 2.30 bits per heavy atom. The molecule has 0 fully saturated rings. The summed E-state index contributed by atoms with van der Waals surface area (Å²) in [6, 6.07) is 24.0. The van der Waals surface area contributed by atoms with E-state index in [4.69, 9.17) is 4.74 Å². The number of pyridine rings is 1. The molecule has 114 valence electrons. The summed E-state index contributed by atoms with van der Waals surface area (Å²) in [5.74, 6) is 0.904. The number of hydrogen-bond donors (Lipinski definition) is 1. The Morgan fingerprint density at radius 2 is 1.61 bits per heavy atom. The normalized spacial score (nSPS) is 9.91. The zero-order valence-corrected chi connectivity index (χ0v) is 12.7. The lowest BCUT2D eigenvalue weighted by Gasteiger charge is -2.06. The van der Waals surface area contributed by atoms with Crippen molar-refractivity contribution in [1.29, 1.82) is 0 Å². The highest BCUT2D eigenvalue weighted by Gasteiger charge is 1.98. The SMILES string of the molecule is c1ccc(COc2ccc3[nH]ccc3c2)cc1.c1ccncc1. The van der Waals surface area contributed by atoms with E-state index in [0.29, 0.717) is 6.61 Å². The van der Waals surface area contributed by atoms with Crippen LogP contribution < -0.4 is 4.74 Å². The smallest absolute Gasteiger partial charge is 0.120 e. The van der Waals surface area contributed by atoms with E-state index in [0.717, 1.165) is 11.3 Å². The number of aromatic amines is 1. The highest BCUT2D eigenvalue weighted by atomic mass is 16.5. The number of nitrogens with zero attached hydrogens (tertiary/aromatic N) is 1. The number of benzene rings is 2. The molecule has 0 unspecified atom stereocenters. The van der Waals surface area contributed by atoms with E-state index in [-0.39, 0.29) is 0 Å². The van der Waals surface area contributed by atoms with Crippen molar-refractivity contribution in [3.05, 3.63) is 97.0 Å². The summed E-state index contributed by atoms with van der Waals surface area (Å²) in [6.07, 6.45) is 5.44. The first-order chi connectivity index (χ1) is 11.4. The zero-order chi connectivity index (χ0) is 15.7. The van der Waals surface area contributed by atoms with Gasteiger partial charge in [0.25, 0.3) is 0 Å². The second kappa shape index (κ2) is 7.80. The maximum atomic E-state index is 5.76. The number of fused-ring (bicyclic) bond motifs is 1. The van der Waals surface area contributed by atoms with Gasteiger partial charge in [0.2, 0.25) is 0 Å². The molecule has 0 bridgehead atoms. The van der Waals surface area contributed by atoms with Gasteiger partial charge in [-0.2, -0.15) is 0 Å². The van der Waals surface area contributed by atoms with Crippen LogP contribution in [0.1, 0.15) is 5.56 Å². The lowest BCUT2D eigenvalue weighted by molar-refractivity contribution is 0.306. The molecule has 1 N–H and O–H groups in total. The van der Waals surface area contributed by atoms with Gasteiger partial charge in [-0.15, -0.1) is 0 Å². The van der Waals surface area contributed by atoms with Crippen LogP contribution in [-0.2, 0) is 6.61 Å². The van der Waals surface area contributed by atoms with Gasteiger partial charge in [0, 0.05) is 29.5 Å². The van der Waals surface area contributed by atoms with Gasteiger partial charge >= 0.3 is 0 Å². The second-order valence-corrected chi connectivity index (χ2v) is 5.03. The highest BCUT2D eigenvalue weighted by molar-refractivity contribution is 5.80. The molecule has 0 saturated heterocycles. The van der Waals surface area contributed by atoms with Crippen LogP contribution in [0.15, 0.2) is 91.4 Å². The molecule has 0 aliphatic heterocycles. The Balaban J connectivity index is 0.000000220. The number of aromatic nitrogens is 2. The predicted molar refractivity (Wildman–Crippen MR) is 93.3 cm³/mol. The Morgan fingerprint density at radius 1 is 0.826 bits per heavy atom. The van der Waals surface area contributed by atoms with Gasteiger partial charge in [0.15, 0.2) is 0 Å². The molecule has 0 amide bonds. The molecule has 2 heterocycles. The first-order valence-electron chi connectivity index (χ1n) is 7.51. The highest BCUT2D eigenvalue weighted by Crippen LogP contribution is 2.20. The van der Waals surface area contributed by atoms with Gasteiger partial charge in [-0.3, -0.25) is 4.98 Å². The monoisotopic (exact) mass is 302 g/mol. The largest absolute Gasteiger partial charge is 0.489 e. The third-order valence-electron chi connectivity index (χ3n) is 3.34. The van der Waals surface area contributed by atoms with Crippen LogP contribution in [0.5, 0.6) is 5.75 Å². The Bertz CT molecular complexity index is 799. The van der Waals surface area contributed by atoms with Crippen LogP contribution in [0, 0.1) is 0 Å². The number of ether oxygens (including phenoxy) is 1. The van der Waals surface area contributed by atoms with E-state index in [1.165, 1.54) is 10.9 Å². The Labute approximate surface area is 135 Å². The summed E-state index contributed by atoms with van der Waals surface area (Å²) >= 11 is 0. The van der Waals surface area contributed by atoms with Crippen LogP contribution in [0.3, 0.4) is 0 Å². The lowest BCUT2D eigenvalue weighted by atomic mass is 10.2. The van der Waals surface area contributed by atoms with Crippen molar-refractivity contribution in [2.75, 3.05) is 0 Å². The third-order valence-corrected chi connectivity index (χ3v) is 3.34. The third kappa shape index (κ3) is 4.45. The average Bonchev–Trinajstić information content (AvgIpc) is 3.11. The van der Waals surface area contributed by atoms with Crippen molar-refractivity contribution in [2.24, 2.45) is 0 Å². The molecule has 2 aromatic carbocycles. The Hall–Kier alpha value is -3.07. The molecule has 3 heteroatoms. The van der Waals surface area contributed by atoms with Crippen LogP contribution in [0.4, 0.5) is 0 Å². The molecule has 0 aliphatic rings. The quantitative estimate of drug-likeness (QED) is 0.588.